The van der Waals surface area contributed by atoms with E-state index in [1.54, 1.807) is 0 Å². The van der Waals surface area contributed by atoms with Gasteiger partial charge in [0, 0.05) is 16.7 Å². The van der Waals surface area contributed by atoms with Crippen LogP contribution in [0.15, 0.2) is 0 Å². The van der Waals surface area contributed by atoms with Crippen LogP contribution in [0.3, 0.4) is 0 Å². The number of hydrogen-bond acceptors (Lipinski definition) is 4. The summed E-state index contributed by atoms with van der Waals surface area (Å²) >= 11 is 3.62. The molecule has 0 aromatic rings. The molecule has 0 aromatic carbocycles. The lowest BCUT2D eigenvalue weighted by Gasteiger charge is -2.54. The molecule has 0 spiro atoms. The predicted octanol–water partition coefficient (Wildman–Crippen LogP) is 1.34. The maximum atomic E-state index is 12.2. The third-order valence-corrected chi connectivity index (χ3v) is 6.39. The van der Waals surface area contributed by atoms with Crippen molar-refractivity contribution in [1.82, 2.24) is 0 Å². The summed E-state index contributed by atoms with van der Waals surface area (Å²) in [7, 11) is -3.47. The van der Waals surface area contributed by atoms with Crippen molar-refractivity contribution in [3.05, 3.63) is 0 Å². The van der Waals surface area contributed by atoms with Crippen LogP contribution in [0, 0.1) is 23.7 Å². The fourth-order valence-corrected chi connectivity index (χ4v) is 5.46. The highest BCUT2D eigenvalue weighted by atomic mass is 79.9. The summed E-state index contributed by atoms with van der Waals surface area (Å²) in [5.41, 5.74) is 0. The van der Waals surface area contributed by atoms with Gasteiger partial charge in [0.25, 0.3) is 10.1 Å². The van der Waals surface area contributed by atoms with E-state index in [1.165, 1.54) is 0 Å². The Hall–Kier alpha value is 0.0600. The van der Waals surface area contributed by atoms with Crippen LogP contribution in [0.1, 0.15) is 19.3 Å². The minimum absolute atomic E-state index is 0.0805. The summed E-state index contributed by atoms with van der Waals surface area (Å²) in [6.07, 6.45) is 3.21. The van der Waals surface area contributed by atoms with E-state index in [1.807, 2.05) is 0 Å². The van der Waals surface area contributed by atoms with Gasteiger partial charge in [0.2, 0.25) is 0 Å². The second-order valence-electron chi connectivity index (χ2n) is 5.55. The van der Waals surface area contributed by atoms with Gasteiger partial charge >= 0.3 is 0 Å². The van der Waals surface area contributed by atoms with Crippen LogP contribution in [0.25, 0.3) is 0 Å². The van der Waals surface area contributed by atoms with Gasteiger partial charge in [-0.15, -0.1) is 0 Å². The number of carbonyl (C=O) groups is 1. The van der Waals surface area contributed by atoms with Crippen molar-refractivity contribution >= 4 is 31.8 Å². The van der Waals surface area contributed by atoms with Crippen LogP contribution in [-0.2, 0) is 19.1 Å². The van der Waals surface area contributed by atoms with E-state index >= 15 is 0 Å². The van der Waals surface area contributed by atoms with Crippen LogP contribution in [-0.4, -0.2) is 31.4 Å². The van der Waals surface area contributed by atoms with E-state index in [-0.39, 0.29) is 23.5 Å². The number of alkyl halides is 1. The van der Waals surface area contributed by atoms with Crippen LogP contribution in [0.4, 0.5) is 0 Å². The van der Waals surface area contributed by atoms with Gasteiger partial charge in [-0.3, -0.25) is 8.98 Å². The molecule has 96 valence electrons. The van der Waals surface area contributed by atoms with Crippen molar-refractivity contribution in [3.63, 3.8) is 0 Å². The molecule has 0 saturated heterocycles. The van der Waals surface area contributed by atoms with Crippen molar-refractivity contribution in [2.24, 2.45) is 23.7 Å². The number of ketones is 1. The molecule has 0 amide bonds. The third kappa shape index (κ3) is 1.88. The maximum absolute atomic E-state index is 12.2. The smallest absolute Gasteiger partial charge is 0.264 e. The van der Waals surface area contributed by atoms with E-state index in [0.29, 0.717) is 10.7 Å². The molecule has 4 rings (SSSR count). The van der Waals surface area contributed by atoms with Crippen LogP contribution >= 0.6 is 15.9 Å². The Morgan fingerprint density at radius 3 is 2.47 bits per heavy atom. The molecule has 4 nitrogen and oxygen atoms in total. The molecule has 6 heteroatoms. The number of halogens is 1. The average molecular weight is 323 g/mol. The SMILES string of the molecule is CS(=O)(=O)O[C@H]1C2CC3CC1C(=O)C(C2)[C@H]3Br. The summed E-state index contributed by atoms with van der Waals surface area (Å²) in [5, 5.41) is 0. The Morgan fingerprint density at radius 1 is 1.18 bits per heavy atom. The molecule has 0 aromatic heterocycles. The first-order valence-corrected chi connectivity index (χ1v) is 8.66. The molecule has 4 bridgehead atoms. The Morgan fingerprint density at radius 2 is 1.82 bits per heavy atom. The van der Waals surface area contributed by atoms with Crippen molar-refractivity contribution in [1.29, 1.82) is 0 Å². The lowest BCUT2D eigenvalue weighted by molar-refractivity contribution is -0.150. The van der Waals surface area contributed by atoms with E-state index in [4.69, 9.17) is 4.18 Å². The number of carbonyl (C=O) groups excluding carboxylic acids is 1. The molecule has 4 aliphatic rings. The number of hydrogen-bond donors (Lipinski definition) is 0. The summed E-state index contributed by atoms with van der Waals surface area (Å²) in [5.74, 6) is 0.844. The molecule has 4 saturated carbocycles. The van der Waals surface area contributed by atoms with E-state index in [9.17, 15) is 13.2 Å². The van der Waals surface area contributed by atoms with Gasteiger partial charge in [0.1, 0.15) is 5.78 Å². The zero-order valence-electron chi connectivity index (χ0n) is 9.50. The summed E-state index contributed by atoms with van der Waals surface area (Å²) in [4.78, 5) is 12.5. The van der Waals surface area contributed by atoms with Gasteiger partial charge in [-0.05, 0) is 31.1 Å². The molecular weight excluding hydrogens is 308 g/mol. The summed E-state index contributed by atoms with van der Waals surface area (Å²) in [6.45, 7) is 0. The van der Waals surface area contributed by atoms with Crippen molar-refractivity contribution < 1.29 is 17.4 Å². The summed E-state index contributed by atoms with van der Waals surface area (Å²) < 4.78 is 27.7. The largest absolute Gasteiger partial charge is 0.299 e. The molecule has 4 unspecified atom stereocenters. The second-order valence-corrected chi connectivity index (χ2v) is 8.21. The molecule has 6 atom stereocenters. The molecule has 4 aliphatic carbocycles. The standard InChI is InChI=1S/C11H15BrO4S/c1-17(14,15)16-11-6-2-5-3-8(11)10(13)7(4-6)9(5)12/h5-9,11H,2-4H2,1H3/t5?,6?,7?,8?,9-,11-/m0/s1. The molecule has 0 heterocycles. The Kier molecular flexibility index (Phi) is 2.69. The highest BCUT2D eigenvalue weighted by molar-refractivity contribution is 9.09. The molecule has 0 N–H and O–H groups in total. The molecule has 17 heavy (non-hydrogen) atoms. The van der Waals surface area contributed by atoms with Crippen LogP contribution < -0.4 is 0 Å². The summed E-state index contributed by atoms with van der Waals surface area (Å²) in [6, 6.07) is 0. The first-order chi connectivity index (χ1) is 7.87. The van der Waals surface area contributed by atoms with Crippen LogP contribution in [0.5, 0.6) is 0 Å². The lowest BCUT2D eigenvalue weighted by atomic mass is 9.54. The van der Waals surface area contributed by atoms with Gasteiger partial charge in [0.05, 0.1) is 12.4 Å². The normalized spacial score (nSPS) is 48.7. The average Bonchev–Trinajstić information content (AvgIpc) is 2.20. The zero-order chi connectivity index (χ0) is 12.4. The molecule has 0 radical (unpaired) electrons. The van der Waals surface area contributed by atoms with Crippen molar-refractivity contribution in [2.75, 3.05) is 6.26 Å². The first kappa shape index (κ1) is 12.1. The number of Topliss-reactive ketones (excluding diaryl/α,β-unsaturated/α-hetero) is 1. The maximum Gasteiger partial charge on any atom is 0.264 e. The third-order valence-electron chi connectivity index (χ3n) is 4.43. The van der Waals surface area contributed by atoms with Gasteiger partial charge in [-0.1, -0.05) is 15.9 Å². The second kappa shape index (κ2) is 3.78. The predicted molar refractivity (Wildman–Crippen MR) is 65.2 cm³/mol. The molecule has 0 aliphatic heterocycles. The van der Waals surface area contributed by atoms with Gasteiger partial charge < -0.3 is 0 Å². The van der Waals surface area contributed by atoms with Crippen molar-refractivity contribution in [2.45, 2.75) is 30.2 Å². The topological polar surface area (TPSA) is 60.4 Å². The van der Waals surface area contributed by atoms with Gasteiger partial charge in [-0.25, -0.2) is 0 Å². The zero-order valence-corrected chi connectivity index (χ0v) is 11.9. The molecular formula is C11H15BrO4S. The fraction of sp³-hybridized carbons (Fsp3) is 0.909. The highest BCUT2D eigenvalue weighted by Crippen LogP contribution is 2.55. The van der Waals surface area contributed by atoms with E-state index < -0.39 is 16.2 Å². The van der Waals surface area contributed by atoms with E-state index in [2.05, 4.69) is 15.9 Å². The van der Waals surface area contributed by atoms with Gasteiger partial charge in [-0.2, -0.15) is 8.42 Å². The van der Waals surface area contributed by atoms with Gasteiger partial charge in [0.15, 0.2) is 0 Å². The number of rotatable bonds is 2. The van der Waals surface area contributed by atoms with E-state index in [0.717, 1.165) is 25.5 Å². The quantitative estimate of drug-likeness (QED) is 0.568. The van der Waals surface area contributed by atoms with Crippen molar-refractivity contribution in [3.8, 4) is 0 Å². The monoisotopic (exact) mass is 322 g/mol. The minimum Gasteiger partial charge on any atom is -0.299 e. The van der Waals surface area contributed by atoms with Crippen LogP contribution in [0.2, 0.25) is 0 Å². The Balaban J connectivity index is 1.89. The lowest BCUT2D eigenvalue weighted by Crippen LogP contribution is -2.59. The highest BCUT2D eigenvalue weighted by Gasteiger charge is 2.58. The fourth-order valence-electron chi connectivity index (χ4n) is 3.86. The molecule has 4 fully saturated rings. The Bertz CT molecular complexity index is 460. The Labute approximate surface area is 109 Å². The first-order valence-electron chi connectivity index (χ1n) is 5.93. The minimum atomic E-state index is -3.47.